The Bertz CT molecular complexity index is 1670. The van der Waals surface area contributed by atoms with Crippen LogP contribution in [-0.4, -0.2) is 38.7 Å². The van der Waals surface area contributed by atoms with Gasteiger partial charge in [-0.3, -0.25) is 14.4 Å². The summed E-state index contributed by atoms with van der Waals surface area (Å²) in [6.45, 7) is 4.69. The van der Waals surface area contributed by atoms with Gasteiger partial charge in [-0.05, 0) is 97.3 Å². The third-order valence-electron chi connectivity index (χ3n) is 6.67. The number of carbonyl (C=O) groups excluding carboxylic acids is 3. The SMILES string of the molecule is COc1ccc(-c2ccc(C(C)=O)cc2)cc1.COc1ccc(C(C)=O)cc1.COc1ccc2cc(C(C)=O)ccc2c1. The molecule has 6 heteroatoms. The van der Waals surface area contributed by atoms with E-state index < -0.39 is 0 Å². The molecule has 0 amide bonds. The summed E-state index contributed by atoms with van der Waals surface area (Å²) in [5.74, 6) is 2.70. The zero-order chi connectivity index (χ0) is 31.4. The average molecular weight is 577 g/mol. The lowest BCUT2D eigenvalue weighted by Crippen LogP contribution is -1.91. The Labute approximate surface area is 252 Å². The summed E-state index contributed by atoms with van der Waals surface area (Å²) < 4.78 is 15.2. The van der Waals surface area contributed by atoms with E-state index in [9.17, 15) is 14.4 Å². The topological polar surface area (TPSA) is 78.9 Å². The lowest BCUT2D eigenvalue weighted by Gasteiger charge is -2.04. The van der Waals surface area contributed by atoms with Crippen LogP contribution in [0.2, 0.25) is 0 Å². The van der Waals surface area contributed by atoms with Gasteiger partial charge in [0.05, 0.1) is 21.3 Å². The van der Waals surface area contributed by atoms with Crippen LogP contribution in [0.4, 0.5) is 0 Å². The van der Waals surface area contributed by atoms with Crippen LogP contribution in [0.15, 0.2) is 109 Å². The molecule has 0 spiro atoms. The maximum absolute atomic E-state index is 11.2. The second-order valence-corrected chi connectivity index (χ2v) is 9.63. The van der Waals surface area contributed by atoms with Crippen molar-refractivity contribution in [3.05, 3.63) is 126 Å². The number of benzene rings is 5. The van der Waals surface area contributed by atoms with Crippen LogP contribution >= 0.6 is 0 Å². The van der Waals surface area contributed by atoms with E-state index in [0.29, 0.717) is 5.56 Å². The van der Waals surface area contributed by atoms with E-state index in [-0.39, 0.29) is 17.3 Å². The largest absolute Gasteiger partial charge is 0.497 e. The summed E-state index contributed by atoms with van der Waals surface area (Å²) in [7, 11) is 4.89. The molecule has 0 bridgehead atoms. The molecule has 0 radical (unpaired) electrons. The molecule has 0 aliphatic carbocycles. The molecule has 0 fully saturated rings. The highest BCUT2D eigenvalue weighted by molar-refractivity contribution is 5.98. The van der Waals surface area contributed by atoms with E-state index in [4.69, 9.17) is 14.2 Å². The van der Waals surface area contributed by atoms with E-state index in [1.807, 2.05) is 84.9 Å². The Morgan fingerprint density at radius 3 is 1.16 bits per heavy atom. The van der Waals surface area contributed by atoms with Crippen molar-refractivity contribution in [1.29, 1.82) is 0 Å². The molecule has 0 heterocycles. The lowest BCUT2D eigenvalue weighted by atomic mass is 10.0. The molecule has 0 unspecified atom stereocenters. The first kappa shape index (κ1) is 32.3. The molecule has 5 aromatic carbocycles. The number of methoxy groups -OCH3 is 3. The predicted molar refractivity (Wildman–Crippen MR) is 172 cm³/mol. The highest BCUT2D eigenvalue weighted by atomic mass is 16.5. The van der Waals surface area contributed by atoms with Gasteiger partial charge < -0.3 is 14.2 Å². The van der Waals surface area contributed by atoms with Gasteiger partial charge in [0.1, 0.15) is 17.2 Å². The summed E-state index contributed by atoms with van der Waals surface area (Å²) in [5.41, 5.74) is 4.40. The quantitative estimate of drug-likeness (QED) is 0.181. The fourth-order valence-corrected chi connectivity index (χ4v) is 4.08. The van der Waals surface area contributed by atoms with Gasteiger partial charge in [0.25, 0.3) is 0 Å². The second-order valence-electron chi connectivity index (χ2n) is 9.63. The first-order valence-corrected chi connectivity index (χ1v) is 13.6. The van der Waals surface area contributed by atoms with Gasteiger partial charge in [0.2, 0.25) is 0 Å². The third kappa shape index (κ3) is 9.40. The molecule has 0 aromatic heterocycles. The van der Waals surface area contributed by atoms with Gasteiger partial charge in [0, 0.05) is 16.7 Å². The smallest absolute Gasteiger partial charge is 0.159 e. The van der Waals surface area contributed by atoms with Crippen LogP contribution in [-0.2, 0) is 0 Å². The summed E-state index contributed by atoms with van der Waals surface area (Å²) in [4.78, 5) is 33.2. The van der Waals surface area contributed by atoms with Crippen LogP contribution < -0.4 is 14.2 Å². The summed E-state index contributed by atoms with van der Waals surface area (Å²) in [6.07, 6.45) is 0. The Hall–Kier alpha value is -5.23. The fourth-order valence-electron chi connectivity index (χ4n) is 4.08. The van der Waals surface area contributed by atoms with E-state index in [2.05, 4.69) is 0 Å². The molecule has 6 nitrogen and oxygen atoms in total. The van der Waals surface area contributed by atoms with Crippen molar-refractivity contribution in [3.8, 4) is 28.4 Å². The molecule has 5 rings (SSSR count). The van der Waals surface area contributed by atoms with Crippen molar-refractivity contribution < 1.29 is 28.6 Å². The van der Waals surface area contributed by atoms with E-state index in [0.717, 1.165) is 50.3 Å². The minimum absolute atomic E-state index is 0.0765. The third-order valence-corrected chi connectivity index (χ3v) is 6.67. The minimum atomic E-state index is 0.0765. The monoisotopic (exact) mass is 576 g/mol. The van der Waals surface area contributed by atoms with Crippen molar-refractivity contribution in [3.63, 3.8) is 0 Å². The van der Waals surface area contributed by atoms with E-state index >= 15 is 0 Å². The van der Waals surface area contributed by atoms with Crippen molar-refractivity contribution in [2.75, 3.05) is 21.3 Å². The van der Waals surface area contributed by atoms with Gasteiger partial charge in [-0.2, -0.15) is 0 Å². The number of carbonyl (C=O) groups is 3. The van der Waals surface area contributed by atoms with Crippen LogP contribution in [0.5, 0.6) is 17.2 Å². The molecular formula is C37H36O6. The molecule has 0 aliphatic rings. The highest BCUT2D eigenvalue weighted by Crippen LogP contribution is 2.23. The fraction of sp³-hybridized carbons (Fsp3) is 0.162. The van der Waals surface area contributed by atoms with Crippen LogP contribution in [0.1, 0.15) is 51.8 Å². The zero-order valence-corrected chi connectivity index (χ0v) is 25.3. The molecule has 0 saturated carbocycles. The summed E-state index contributed by atoms with van der Waals surface area (Å²) in [6, 6.07) is 34.0. The first-order valence-electron chi connectivity index (χ1n) is 13.6. The highest BCUT2D eigenvalue weighted by Gasteiger charge is 2.03. The number of ketones is 3. The van der Waals surface area contributed by atoms with Gasteiger partial charge in [-0.25, -0.2) is 0 Å². The van der Waals surface area contributed by atoms with Crippen molar-refractivity contribution in [2.24, 2.45) is 0 Å². The predicted octanol–water partition coefficient (Wildman–Crippen LogP) is 8.51. The summed E-state index contributed by atoms with van der Waals surface area (Å²) >= 11 is 0. The summed E-state index contributed by atoms with van der Waals surface area (Å²) in [5, 5.41) is 2.14. The molecule has 43 heavy (non-hydrogen) atoms. The Morgan fingerprint density at radius 1 is 0.395 bits per heavy atom. The maximum Gasteiger partial charge on any atom is 0.159 e. The molecule has 0 saturated heterocycles. The number of Topliss-reactive ketones (excluding diaryl/α,β-unsaturated/α-hetero) is 3. The Morgan fingerprint density at radius 2 is 0.721 bits per heavy atom. The van der Waals surface area contributed by atoms with E-state index in [1.54, 1.807) is 66.4 Å². The zero-order valence-electron chi connectivity index (χ0n) is 25.3. The molecule has 0 atom stereocenters. The van der Waals surface area contributed by atoms with E-state index in [1.165, 1.54) is 0 Å². The van der Waals surface area contributed by atoms with Crippen LogP contribution in [0.25, 0.3) is 21.9 Å². The van der Waals surface area contributed by atoms with Crippen LogP contribution in [0.3, 0.4) is 0 Å². The number of rotatable bonds is 7. The molecule has 0 aliphatic heterocycles. The first-order chi connectivity index (χ1) is 20.6. The van der Waals surface area contributed by atoms with Gasteiger partial charge >= 0.3 is 0 Å². The van der Waals surface area contributed by atoms with Crippen molar-refractivity contribution >= 4 is 28.1 Å². The van der Waals surface area contributed by atoms with Crippen molar-refractivity contribution in [2.45, 2.75) is 20.8 Å². The lowest BCUT2D eigenvalue weighted by molar-refractivity contribution is 0.100. The van der Waals surface area contributed by atoms with Gasteiger partial charge in [-0.1, -0.05) is 54.6 Å². The normalized spacial score (nSPS) is 9.91. The molecule has 5 aromatic rings. The second kappa shape index (κ2) is 15.7. The molecular weight excluding hydrogens is 540 g/mol. The Kier molecular flexibility index (Phi) is 11.8. The van der Waals surface area contributed by atoms with Gasteiger partial charge in [-0.15, -0.1) is 0 Å². The number of hydrogen-bond acceptors (Lipinski definition) is 6. The number of ether oxygens (including phenoxy) is 3. The van der Waals surface area contributed by atoms with Gasteiger partial charge in [0.15, 0.2) is 17.3 Å². The molecule has 0 N–H and O–H groups in total. The number of hydrogen-bond donors (Lipinski definition) is 0. The number of fused-ring (bicyclic) bond motifs is 1. The van der Waals surface area contributed by atoms with Crippen LogP contribution in [0, 0.1) is 0 Å². The Balaban J connectivity index is 0.000000181. The van der Waals surface area contributed by atoms with Crippen molar-refractivity contribution in [1.82, 2.24) is 0 Å². The average Bonchev–Trinajstić information content (AvgIpc) is 3.04. The maximum atomic E-state index is 11.2. The minimum Gasteiger partial charge on any atom is -0.497 e. The standard InChI is InChI=1S/C15H14O2.C13H12O2.C9H10O2/c1-11(16)12-3-5-13(6-4-12)14-7-9-15(17-2)10-8-14;1-9(14)10-3-4-12-8-13(15-2)6-5-11(12)7-10;1-7(10)8-3-5-9(11-2)6-4-8/h3-10H,1-2H3;3-8H,1-2H3;3-6H,1-2H3. The molecule has 220 valence electrons.